The lowest BCUT2D eigenvalue weighted by Crippen LogP contribution is -2.31. The molecule has 27 heavy (non-hydrogen) atoms. The molecule has 2 unspecified atom stereocenters. The van der Waals surface area contributed by atoms with Crippen LogP contribution in [0.25, 0.3) is 11.1 Å². The third-order valence-corrected chi connectivity index (χ3v) is 5.57. The summed E-state index contributed by atoms with van der Waals surface area (Å²) in [7, 11) is 0. The fourth-order valence-corrected chi connectivity index (χ4v) is 3.70. The predicted molar refractivity (Wildman–Crippen MR) is 113 cm³/mol. The van der Waals surface area contributed by atoms with Crippen molar-refractivity contribution in [3.05, 3.63) is 59.7 Å². The van der Waals surface area contributed by atoms with E-state index in [2.05, 4.69) is 62.4 Å². The van der Waals surface area contributed by atoms with E-state index in [9.17, 15) is 0 Å². The largest absolute Gasteiger partial charge is 0.373 e. The summed E-state index contributed by atoms with van der Waals surface area (Å²) in [5, 5.41) is 0. The van der Waals surface area contributed by atoms with Crippen LogP contribution in [0.15, 0.2) is 48.5 Å². The first-order valence-corrected chi connectivity index (χ1v) is 10.7. The quantitative estimate of drug-likeness (QED) is 0.458. The van der Waals surface area contributed by atoms with E-state index in [0.29, 0.717) is 6.61 Å². The maximum atomic E-state index is 6.11. The molecule has 0 radical (unpaired) electrons. The van der Waals surface area contributed by atoms with E-state index in [1.54, 1.807) is 0 Å². The topological polar surface area (TPSA) is 18.5 Å². The maximum Gasteiger partial charge on any atom is 0.106 e. The van der Waals surface area contributed by atoms with Crippen LogP contribution in [0.3, 0.4) is 0 Å². The Morgan fingerprint density at radius 2 is 1.41 bits per heavy atom. The van der Waals surface area contributed by atoms with Crippen molar-refractivity contribution in [2.24, 2.45) is 0 Å². The van der Waals surface area contributed by atoms with Gasteiger partial charge in [-0.15, -0.1) is 0 Å². The van der Waals surface area contributed by atoms with E-state index >= 15 is 0 Å². The molecule has 3 rings (SSSR count). The van der Waals surface area contributed by atoms with Crippen LogP contribution in [0.1, 0.15) is 69.6 Å². The molecule has 0 saturated carbocycles. The van der Waals surface area contributed by atoms with E-state index in [4.69, 9.17) is 9.47 Å². The van der Waals surface area contributed by atoms with Crippen LogP contribution in [0.2, 0.25) is 0 Å². The van der Waals surface area contributed by atoms with Crippen molar-refractivity contribution in [3.63, 3.8) is 0 Å². The van der Waals surface area contributed by atoms with Crippen LogP contribution in [0.5, 0.6) is 0 Å². The first-order valence-electron chi connectivity index (χ1n) is 10.7. The molecule has 2 nitrogen and oxygen atoms in total. The summed E-state index contributed by atoms with van der Waals surface area (Å²) < 4.78 is 12.2. The molecule has 1 fully saturated rings. The van der Waals surface area contributed by atoms with Crippen molar-refractivity contribution >= 4 is 0 Å². The van der Waals surface area contributed by atoms with E-state index < -0.39 is 0 Å². The summed E-state index contributed by atoms with van der Waals surface area (Å²) in [4.78, 5) is 0. The summed E-state index contributed by atoms with van der Waals surface area (Å²) >= 11 is 0. The molecule has 1 saturated heterocycles. The summed E-state index contributed by atoms with van der Waals surface area (Å²) in [5.74, 6) is 0. The molecular weight excluding hydrogens is 332 g/mol. The van der Waals surface area contributed by atoms with Crippen molar-refractivity contribution in [3.8, 4) is 11.1 Å². The number of benzene rings is 2. The second kappa shape index (κ2) is 10.6. The minimum atomic E-state index is 0.0675. The van der Waals surface area contributed by atoms with E-state index in [1.807, 2.05) is 0 Å². The highest BCUT2D eigenvalue weighted by Gasteiger charge is 2.23. The van der Waals surface area contributed by atoms with Gasteiger partial charge < -0.3 is 9.47 Å². The highest BCUT2D eigenvalue weighted by molar-refractivity contribution is 5.64. The molecule has 1 aliphatic heterocycles. The Morgan fingerprint density at radius 1 is 0.741 bits per heavy atom. The molecule has 0 aromatic heterocycles. The second-order valence-corrected chi connectivity index (χ2v) is 7.65. The monoisotopic (exact) mass is 366 g/mol. The highest BCUT2D eigenvalue weighted by atomic mass is 16.6. The maximum absolute atomic E-state index is 6.11. The first-order chi connectivity index (χ1) is 13.3. The van der Waals surface area contributed by atoms with Gasteiger partial charge in [0, 0.05) is 0 Å². The molecule has 2 aromatic carbocycles. The van der Waals surface area contributed by atoms with E-state index in [-0.39, 0.29) is 12.2 Å². The fourth-order valence-electron chi connectivity index (χ4n) is 3.70. The zero-order valence-electron chi connectivity index (χ0n) is 17.0. The molecule has 146 valence electrons. The zero-order chi connectivity index (χ0) is 18.9. The number of hydrogen-bond acceptors (Lipinski definition) is 2. The van der Waals surface area contributed by atoms with Gasteiger partial charge in [0.05, 0.1) is 19.3 Å². The zero-order valence-corrected chi connectivity index (χ0v) is 17.0. The fraction of sp³-hybridized carbons (Fsp3) is 0.520. The van der Waals surface area contributed by atoms with Gasteiger partial charge in [-0.05, 0) is 35.1 Å². The average Bonchev–Trinajstić information content (AvgIpc) is 2.74. The third-order valence-electron chi connectivity index (χ3n) is 5.57. The first kappa shape index (κ1) is 20.1. The molecule has 0 bridgehead atoms. The third kappa shape index (κ3) is 5.92. The van der Waals surface area contributed by atoms with Crippen molar-refractivity contribution in [1.29, 1.82) is 0 Å². The molecule has 0 aliphatic carbocycles. The van der Waals surface area contributed by atoms with Crippen molar-refractivity contribution < 1.29 is 9.47 Å². The van der Waals surface area contributed by atoms with Crippen LogP contribution < -0.4 is 0 Å². The van der Waals surface area contributed by atoms with Crippen molar-refractivity contribution in [2.75, 3.05) is 13.2 Å². The van der Waals surface area contributed by atoms with Gasteiger partial charge in [0.1, 0.15) is 6.10 Å². The molecule has 2 heteroatoms. The molecular formula is C25H34O2. The Balaban J connectivity index is 1.47. The van der Waals surface area contributed by atoms with Gasteiger partial charge in [0.15, 0.2) is 0 Å². The smallest absolute Gasteiger partial charge is 0.106 e. The standard InChI is InChI=1S/C25H34O2/c1-3-5-6-7-8-9-24-18-27-25(19-26-24)23-16-14-22(15-17-23)21-12-10-20(4-2)11-13-21/h10-17,24-25H,3-9,18-19H2,1-2H3. The Hall–Kier alpha value is -1.64. The molecule has 0 amide bonds. The van der Waals surface area contributed by atoms with Gasteiger partial charge in [-0.2, -0.15) is 0 Å². The summed E-state index contributed by atoms with van der Waals surface area (Å²) in [5.41, 5.74) is 5.11. The Kier molecular flexibility index (Phi) is 7.92. The van der Waals surface area contributed by atoms with Gasteiger partial charge >= 0.3 is 0 Å². The molecule has 0 N–H and O–H groups in total. The lowest BCUT2D eigenvalue weighted by Gasteiger charge is -2.30. The highest BCUT2D eigenvalue weighted by Crippen LogP contribution is 2.27. The lowest BCUT2D eigenvalue weighted by molar-refractivity contribution is -0.137. The number of rotatable bonds is 9. The van der Waals surface area contributed by atoms with E-state index in [1.165, 1.54) is 54.4 Å². The average molecular weight is 367 g/mol. The summed E-state index contributed by atoms with van der Waals surface area (Å²) in [6.07, 6.45) is 9.12. The van der Waals surface area contributed by atoms with E-state index in [0.717, 1.165) is 19.4 Å². The van der Waals surface area contributed by atoms with Crippen LogP contribution in [0, 0.1) is 0 Å². The summed E-state index contributed by atoms with van der Waals surface area (Å²) in [6, 6.07) is 17.6. The SMILES string of the molecule is CCCCCCCC1COC(c2ccc(-c3ccc(CC)cc3)cc2)CO1. The second-order valence-electron chi connectivity index (χ2n) is 7.65. The van der Waals surface area contributed by atoms with Gasteiger partial charge in [0.2, 0.25) is 0 Å². The molecule has 2 aromatic rings. The minimum absolute atomic E-state index is 0.0675. The number of unbranched alkanes of at least 4 members (excludes halogenated alkanes) is 4. The van der Waals surface area contributed by atoms with Gasteiger partial charge in [0.25, 0.3) is 0 Å². The Bertz CT molecular complexity index is 652. The Labute approximate surface area is 164 Å². The van der Waals surface area contributed by atoms with Gasteiger partial charge in [-0.1, -0.05) is 94.5 Å². The minimum Gasteiger partial charge on any atom is -0.373 e. The number of aryl methyl sites for hydroxylation is 1. The van der Waals surface area contributed by atoms with Gasteiger partial charge in [-0.25, -0.2) is 0 Å². The molecule has 1 aliphatic rings. The van der Waals surface area contributed by atoms with Crippen LogP contribution in [-0.2, 0) is 15.9 Å². The lowest BCUT2D eigenvalue weighted by atomic mass is 10.00. The van der Waals surface area contributed by atoms with Gasteiger partial charge in [-0.3, -0.25) is 0 Å². The van der Waals surface area contributed by atoms with Crippen LogP contribution in [0.4, 0.5) is 0 Å². The Morgan fingerprint density at radius 3 is 2.00 bits per heavy atom. The van der Waals surface area contributed by atoms with Crippen molar-refractivity contribution in [2.45, 2.75) is 71.0 Å². The number of ether oxygens (including phenoxy) is 2. The van der Waals surface area contributed by atoms with Crippen molar-refractivity contribution in [1.82, 2.24) is 0 Å². The molecule has 1 heterocycles. The van der Waals surface area contributed by atoms with Crippen LogP contribution >= 0.6 is 0 Å². The summed E-state index contributed by atoms with van der Waals surface area (Å²) in [6.45, 7) is 5.84. The van der Waals surface area contributed by atoms with Crippen LogP contribution in [-0.4, -0.2) is 19.3 Å². The normalized spacial score (nSPS) is 19.9. The predicted octanol–water partition coefficient (Wildman–Crippen LogP) is 6.73. The molecule has 2 atom stereocenters. The number of hydrogen-bond donors (Lipinski definition) is 0. The molecule has 0 spiro atoms.